The number of anilines is 2. The standard InChI is InChI=1S/C23H29FN2O7/c1-21(2,3)11-19(27)25-20-17(22(28,29)30)9-16(10-18(20)23(31,32)33)26-7-6-13-8-15(24)5-4-14(13)12-26/h4-5,8-10,28-33H,6-7,11-12H2,1-3H3,(H,25,27). The van der Waals surface area contributed by atoms with Gasteiger partial charge in [0.25, 0.3) is 0 Å². The highest BCUT2D eigenvalue weighted by molar-refractivity contribution is 5.93. The Labute approximate surface area is 190 Å². The van der Waals surface area contributed by atoms with E-state index < -0.39 is 40.1 Å². The van der Waals surface area contributed by atoms with Crippen LogP contribution in [0.3, 0.4) is 0 Å². The van der Waals surface area contributed by atoms with Crippen molar-refractivity contribution in [2.24, 2.45) is 5.41 Å². The molecule has 1 aliphatic heterocycles. The van der Waals surface area contributed by atoms with Gasteiger partial charge >= 0.3 is 11.9 Å². The predicted molar refractivity (Wildman–Crippen MR) is 117 cm³/mol. The molecule has 0 bridgehead atoms. The number of aliphatic hydroxyl groups is 6. The molecule has 33 heavy (non-hydrogen) atoms. The molecule has 9 nitrogen and oxygen atoms in total. The molecule has 0 atom stereocenters. The number of nitrogens with zero attached hydrogens (tertiary/aromatic N) is 1. The van der Waals surface area contributed by atoms with Crippen LogP contribution < -0.4 is 10.2 Å². The van der Waals surface area contributed by atoms with Gasteiger partial charge in [0, 0.05) is 25.2 Å². The first-order valence-corrected chi connectivity index (χ1v) is 10.4. The summed E-state index contributed by atoms with van der Waals surface area (Å²) >= 11 is 0. The van der Waals surface area contributed by atoms with Crippen molar-refractivity contribution in [3.05, 3.63) is 58.4 Å². The number of nitrogens with one attached hydrogen (secondary N) is 1. The second-order valence-electron chi connectivity index (χ2n) is 9.56. The summed E-state index contributed by atoms with van der Waals surface area (Å²) in [5.41, 5.74) is -0.514. The van der Waals surface area contributed by atoms with Gasteiger partial charge in [-0.1, -0.05) is 26.8 Å². The van der Waals surface area contributed by atoms with Crippen LogP contribution in [0.5, 0.6) is 0 Å². The van der Waals surface area contributed by atoms with Crippen molar-refractivity contribution in [3.63, 3.8) is 0 Å². The minimum atomic E-state index is -3.48. The normalized spacial score (nSPS) is 14.8. The monoisotopic (exact) mass is 464 g/mol. The number of hydrogen-bond donors (Lipinski definition) is 7. The number of carbonyl (C=O) groups excluding carboxylic acids is 1. The minimum Gasteiger partial charge on any atom is -0.367 e. The molecule has 0 aliphatic carbocycles. The van der Waals surface area contributed by atoms with Gasteiger partial charge in [-0.2, -0.15) is 0 Å². The molecule has 1 aliphatic rings. The maximum absolute atomic E-state index is 13.5. The average Bonchev–Trinajstić information content (AvgIpc) is 2.64. The van der Waals surface area contributed by atoms with Crippen molar-refractivity contribution in [1.29, 1.82) is 0 Å². The van der Waals surface area contributed by atoms with E-state index in [1.54, 1.807) is 31.7 Å². The number of carbonyl (C=O) groups is 1. The lowest BCUT2D eigenvalue weighted by Gasteiger charge is -2.33. The summed E-state index contributed by atoms with van der Waals surface area (Å²) in [6.07, 6.45) is 0.435. The first-order chi connectivity index (χ1) is 15.0. The molecule has 0 saturated carbocycles. The van der Waals surface area contributed by atoms with Crippen LogP contribution >= 0.6 is 0 Å². The van der Waals surface area contributed by atoms with E-state index in [1.807, 2.05) is 0 Å². The Morgan fingerprint density at radius 1 is 0.970 bits per heavy atom. The van der Waals surface area contributed by atoms with Gasteiger partial charge in [0.2, 0.25) is 5.91 Å². The summed E-state index contributed by atoms with van der Waals surface area (Å²) in [6, 6.07) is 6.68. The summed E-state index contributed by atoms with van der Waals surface area (Å²) in [4.78, 5) is 14.2. The Kier molecular flexibility index (Phi) is 6.55. The molecule has 3 rings (SSSR count). The fraction of sp³-hybridized carbons (Fsp3) is 0.435. The van der Waals surface area contributed by atoms with Gasteiger partial charge in [-0.05, 0) is 47.2 Å². The average molecular weight is 464 g/mol. The third-order valence-corrected chi connectivity index (χ3v) is 5.35. The molecule has 2 aromatic rings. The molecule has 0 saturated heterocycles. The van der Waals surface area contributed by atoms with Gasteiger partial charge in [-0.15, -0.1) is 0 Å². The van der Waals surface area contributed by atoms with E-state index in [4.69, 9.17) is 0 Å². The Morgan fingerprint density at radius 2 is 1.55 bits per heavy atom. The molecule has 0 radical (unpaired) electrons. The second kappa shape index (κ2) is 8.64. The summed E-state index contributed by atoms with van der Waals surface area (Å²) in [5.74, 6) is -7.92. The zero-order valence-corrected chi connectivity index (χ0v) is 18.6. The van der Waals surface area contributed by atoms with Gasteiger partial charge in [-0.25, -0.2) is 4.39 Å². The predicted octanol–water partition coefficient (Wildman–Crippen LogP) is 0.937. The maximum atomic E-state index is 13.5. The largest absolute Gasteiger partial charge is 0.367 e. The highest BCUT2D eigenvalue weighted by atomic mass is 19.1. The second-order valence-corrected chi connectivity index (χ2v) is 9.56. The van der Waals surface area contributed by atoms with Crippen LogP contribution in [0.1, 0.15) is 49.4 Å². The van der Waals surface area contributed by atoms with Crippen LogP contribution in [0, 0.1) is 11.2 Å². The van der Waals surface area contributed by atoms with Crippen LogP contribution in [0.15, 0.2) is 30.3 Å². The summed E-state index contributed by atoms with van der Waals surface area (Å²) in [5, 5.41) is 62.2. The molecule has 10 heteroatoms. The Morgan fingerprint density at radius 3 is 2.06 bits per heavy atom. The van der Waals surface area contributed by atoms with Gasteiger partial charge in [-0.3, -0.25) is 4.79 Å². The number of fused-ring (bicyclic) bond motifs is 1. The molecule has 2 aromatic carbocycles. The van der Waals surface area contributed by atoms with E-state index in [-0.39, 0.29) is 24.5 Å². The highest BCUT2D eigenvalue weighted by Gasteiger charge is 2.36. The zero-order chi connectivity index (χ0) is 24.8. The van der Waals surface area contributed by atoms with E-state index in [9.17, 15) is 39.8 Å². The van der Waals surface area contributed by atoms with E-state index in [1.165, 1.54) is 12.1 Å². The molecule has 0 unspecified atom stereocenters. The van der Waals surface area contributed by atoms with Crippen LogP contribution in [0.25, 0.3) is 0 Å². The lowest BCUT2D eigenvalue weighted by molar-refractivity contribution is -0.326. The topological polar surface area (TPSA) is 154 Å². The quantitative estimate of drug-likeness (QED) is 0.323. The fourth-order valence-corrected chi connectivity index (χ4v) is 3.88. The molecular formula is C23H29FN2O7. The van der Waals surface area contributed by atoms with Crippen LogP contribution in [-0.4, -0.2) is 43.1 Å². The Bertz CT molecular complexity index is 1020. The van der Waals surface area contributed by atoms with Crippen molar-refractivity contribution in [2.75, 3.05) is 16.8 Å². The fourth-order valence-electron chi connectivity index (χ4n) is 3.88. The number of rotatable bonds is 5. The lowest BCUT2D eigenvalue weighted by Crippen LogP contribution is -2.35. The summed E-state index contributed by atoms with van der Waals surface area (Å²) in [7, 11) is 0. The van der Waals surface area contributed by atoms with Gasteiger partial charge < -0.3 is 40.9 Å². The van der Waals surface area contributed by atoms with Gasteiger partial charge in [0.1, 0.15) is 5.82 Å². The summed E-state index contributed by atoms with van der Waals surface area (Å²) in [6.45, 7) is 6.01. The number of amides is 1. The van der Waals surface area contributed by atoms with Crippen molar-refractivity contribution < 1.29 is 39.8 Å². The van der Waals surface area contributed by atoms with Gasteiger partial charge in [0.15, 0.2) is 0 Å². The number of halogens is 1. The van der Waals surface area contributed by atoms with Gasteiger partial charge in [0.05, 0.1) is 16.8 Å². The smallest absolute Gasteiger partial charge is 0.306 e. The Hall–Kier alpha value is -2.60. The van der Waals surface area contributed by atoms with Crippen molar-refractivity contribution in [3.8, 4) is 0 Å². The molecule has 1 amide bonds. The highest BCUT2D eigenvalue weighted by Crippen LogP contribution is 2.38. The number of benzene rings is 2. The van der Waals surface area contributed by atoms with Crippen LogP contribution in [0.2, 0.25) is 0 Å². The summed E-state index contributed by atoms with van der Waals surface area (Å²) < 4.78 is 13.5. The SMILES string of the molecule is CC(C)(C)CC(=O)Nc1c(C(O)(O)O)cc(N2CCc3cc(F)ccc3C2)cc1C(O)(O)O. The van der Waals surface area contributed by atoms with Crippen LogP contribution in [0.4, 0.5) is 15.8 Å². The first kappa shape index (κ1) is 25.0. The van der Waals surface area contributed by atoms with Crippen molar-refractivity contribution >= 4 is 17.3 Å². The Balaban J connectivity index is 2.08. The maximum Gasteiger partial charge on any atom is 0.306 e. The molecule has 7 N–H and O–H groups in total. The third kappa shape index (κ3) is 6.05. The minimum absolute atomic E-state index is 0.0162. The third-order valence-electron chi connectivity index (χ3n) is 5.35. The number of hydrogen-bond acceptors (Lipinski definition) is 8. The lowest BCUT2D eigenvalue weighted by atomic mass is 9.91. The molecule has 0 aromatic heterocycles. The van der Waals surface area contributed by atoms with E-state index in [2.05, 4.69) is 5.32 Å². The van der Waals surface area contributed by atoms with E-state index >= 15 is 0 Å². The molecular weight excluding hydrogens is 435 g/mol. The molecule has 0 spiro atoms. The zero-order valence-electron chi connectivity index (χ0n) is 18.6. The van der Waals surface area contributed by atoms with Crippen molar-refractivity contribution in [1.82, 2.24) is 0 Å². The first-order valence-electron chi connectivity index (χ1n) is 10.4. The van der Waals surface area contributed by atoms with E-state index in [0.717, 1.165) is 23.3 Å². The molecule has 0 fully saturated rings. The van der Waals surface area contributed by atoms with Crippen LogP contribution in [-0.2, 0) is 29.7 Å². The molecule has 180 valence electrons. The van der Waals surface area contributed by atoms with E-state index in [0.29, 0.717) is 13.0 Å². The van der Waals surface area contributed by atoms with Crippen molar-refractivity contribution in [2.45, 2.75) is 52.1 Å². The molecule has 1 heterocycles.